The van der Waals surface area contributed by atoms with Crippen molar-refractivity contribution >= 4 is 23.2 Å². The summed E-state index contributed by atoms with van der Waals surface area (Å²) in [4.78, 5) is 3.87. The highest BCUT2D eigenvalue weighted by atomic mass is 35.5. The highest BCUT2D eigenvalue weighted by molar-refractivity contribution is 6.34. The number of aromatic nitrogens is 3. The van der Waals surface area contributed by atoms with Gasteiger partial charge in [0.15, 0.2) is 0 Å². The molecular weight excluding hydrogens is 287 g/mol. The molecule has 0 unspecified atom stereocenters. The van der Waals surface area contributed by atoms with Gasteiger partial charge in [-0.3, -0.25) is 0 Å². The van der Waals surface area contributed by atoms with Crippen LogP contribution in [0.5, 0.6) is 5.88 Å². The summed E-state index contributed by atoms with van der Waals surface area (Å²) in [5.74, 6) is -0.198. The zero-order valence-electron chi connectivity index (χ0n) is 9.07. The standard InChI is InChI=1S/C10H7Cl2F2N3O/c1-17-9(18-10(13)14)7(12)8(16-17)5-2-3-6(11)15-4-5/h2-4,10H,1H3. The van der Waals surface area contributed by atoms with Crippen molar-refractivity contribution in [2.45, 2.75) is 6.61 Å². The first-order valence-electron chi connectivity index (χ1n) is 4.78. The Labute approximate surface area is 111 Å². The highest BCUT2D eigenvalue weighted by Crippen LogP contribution is 2.35. The van der Waals surface area contributed by atoms with Crippen molar-refractivity contribution in [1.29, 1.82) is 0 Å². The predicted octanol–water partition coefficient (Wildman–Crippen LogP) is 3.39. The molecule has 0 atom stereocenters. The second-order valence-electron chi connectivity index (χ2n) is 3.34. The van der Waals surface area contributed by atoms with Crippen LogP contribution < -0.4 is 4.74 Å². The van der Waals surface area contributed by atoms with Gasteiger partial charge in [0.05, 0.1) is 0 Å². The number of nitrogens with zero attached hydrogens (tertiary/aromatic N) is 3. The Morgan fingerprint density at radius 2 is 2.06 bits per heavy atom. The number of hydrogen-bond donors (Lipinski definition) is 0. The van der Waals surface area contributed by atoms with Crippen LogP contribution in [0.4, 0.5) is 8.78 Å². The lowest BCUT2D eigenvalue weighted by Crippen LogP contribution is -2.06. The third-order valence-electron chi connectivity index (χ3n) is 2.14. The van der Waals surface area contributed by atoms with Crippen LogP contribution in [0.2, 0.25) is 10.2 Å². The van der Waals surface area contributed by atoms with Crippen LogP contribution in [-0.4, -0.2) is 21.4 Å². The summed E-state index contributed by atoms with van der Waals surface area (Å²) in [5.41, 5.74) is 0.864. The van der Waals surface area contributed by atoms with Crippen LogP contribution in [-0.2, 0) is 7.05 Å². The van der Waals surface area contributed by atoms with Gasteiger partial charge in [0.1, 0.15) is 15.9 Å². The molecule has 0 amide bonds. The third-order valence-corrected chi connectivity index (χ3v) is 2.71. The molecule has 0 aliphatic rings. The Morgan fingerprint density at radius 1 is 1.33 bits per heavy atom. The van der Waals surface area contributed by atoms with Crippen LogP contribution in [0, 0.1) is 0 Å². The molecule has 2 heterocycles. The lowest BCUT2D eigenvalue weighted by Gasteiger charge is -2.03. The minimum Gasteiger partial charge on any atom is -0.416 e. The van der Waals surface area contributed by atoms with Gasteiger partial charge in [0.25, 0.3) is 0 Å². The Bertz CT molecular complexity index is 557. The molecular formula is C10H7Cl2F2N3O. The number of pyridine rings is 1. The zero-order chi connectivity index (χ0) is 13.3. The van der Waals surface area contributed by atoms with E-state index in [2.05, 4.69) is 14.8 Å². The molecule has 0 fully saturated rings. The van der Waals surface area contributed by atoms with Crippen molar-refractivity contribution < 1.29 is 13.5 Å². The first-order valence-corrected chi connectivity index (χ1v) is 5.54. The van der Waals surface area contributed by atoms with Crippen molar-refractivity contribution in [1.82, 2.24) is 14.8 Å². The van der Waals surface area contributed by atoms with Crippen LogP contribution >= 0.6 is 23.2 Å². The fraction of sp³-hybridized carbons (Fsp3) is 0.200. The van der Waals surface area contributed by atoms with E-state index >= 15 is 0 Å². The average molecular weight is 294 g/mol. The molecule has 18 heavy (non-hydrogen) atoms. The maximum atomic E-state index is 12.2. The van der Waals surface area contributed by atoms with Gasteiger partial charge in [-0.05, 0) is 12.1 Å². The molecule has 0 N–H and O–H groups in total. The van der Waals surface area contributed by atoms with Gasteiger partial charge in [0.2, 0.25) is 5.88 Å². The molecule has 4 nitrogen and oxygen atoms in total. The van der Waals surface area contributed by atoms with E-state index in [-0.39, 0.29) is 10.9 Å². The van der Waals surface area contributed by atoms with E-state index in [1.807, 2.05) is 0 Å². The molecule has 0 spiro atoms. The Balaban J connectivity index is 2.43. The molecule has 0 saturated carbocycles. The van der Waals surface area contributed by atoms with Crippen molar-refractivity contribution in [3.8, 4) is 17.1 Å². The van der Waals surface area contributed by atoms with Crippen molar-refractivity contribution in [3.63, 3.8) is 0 Å². The lowest BCUT2D eigenvalue weighted by atomic mass is 10.2. The summed E-state index contributed by atoms with van der Waals surface area (Å²) in [6.45, 7) is -2.96. The first kappa shape index (κ1) is 13.0. The van der Waals surface area contributed by atoms with E-state index in [1.165, 1.54) is 13.2 Å². The van der Waals surface area contributed by atoms with Crippen molar-refractivity contribution in [2.75, 3.05) is 0 Å². The quantitative estimate of drug-likeness (QED) is 0.815. The van der Waals surface area contributed by atoms with E-state index in [0.717, 1.165) is 4.68 Å². The highest BCUT2D eigenvalue weighted by Gasteiger charge is 2.20. The van der Waals surface area contributed by atoms with Gasteiger partial charge in [0, 0.05) is 18.8 Å². The van der Waals surface area contributed by atoms with Crippen molar-refractivity contribution in [3.05, 3.63) is 28.5 Å². The number of ether oxygens (including phenoxy) is 1. The summed E-state index contributed by atoms with van der Waals surface area (Å²) in [7, 11) is 1.45. The Morgan fingerprint density at radius 3 is 2.61 bits per heavy atom. The van der Waals surface area contributed by atoms with E-state index in [0.29, 0.717) is 16.4 Å². The third kappa shape index (κ3) is 2.54. The molecule has 0 aromatic carbocycles. The second-order valence-corrected chi connectivity index (χ2v) is 4.10. The minimum absolute atomic E-state index is 0.00178. The normalized spacial score (nSPS) is 11.0. The molecule has 0 bridgehead atoms. The molecule has 96 valence electrons. The average Bonchev–Trinajstić information content (AvgIpc) is 2.58. The monoisotopic (exact) mass is 293 g/mol. The van der Waals surface area contributed by atoms with E-state index in [1.54, 1.807) is 12.1 Å². The lowest BCUT2D eigenvalue weighted by molar-refractivity contribution is -0.0552. The second kappa shape index (κ2) is 5.07. The van der Waals surface area contributed by atoms with Crippen LogP contribution in [0.15, 0.2) is 18.3 Å². The topological polar surface area (TPSA) is 39.9 Å². The Kier molecular flexibility index (Phi) is 3.68. The van der Waals surface area contributed by atoms with Gasteiger partial charge in [-0.1, -0.05) is 23.2 Å². The predicted molar refractivity (Wildman–Crippen MR) is 63.1 cm³/mol. The SMILES string of the molecule is Cn1nc(-c2ccc(Cl)nc2)c(Cl)c1OC(F)F. The molecule has 0 saturated heterocycles. The molecule has 2 aromatic heterocycles. The maximum absolute atomic E-state index is 12.2. The Hall–Kier alpha value is -1.40. The molecule has 0 aliphatic heterocycles. The van der Waals surface area contributed by atoms with Gasteiger partial charge in [-0.25, -0.2) is 9.67 Å². The number of hydrogen-bond acceptors (Lipinski definition) is 3. The summed E-state index contributed by atoms with van der Waals surface area (Å²) < 4.78 is 29.8. The van der Waals surface area contributed by atoms with Gasteiger partial charge < -0.3 is 4.74 Å². The number of alkyl halides is 2. The summed E-state index contributed by atoms with van der Waals surface area (Å²) >= 11 is 11.6. The number of rotatable bonds is 3. The van der Waals surface area contributed by atoms with E-state index in [9.17, 15) is 8.78 Å². The smallest absolute Gasteiger partial charge is 0.388 e. The van der Waals surface area contributed by atoms with Crippen LogP contribution in [0.25, 0.3) is 11.3 Å². The first-order chi connectivity index (χ1) is 8.49. The summed E-state index contributed by atoms with van der Waals surface area (Å²) in [6, 6.07) is 3.19. The van der Waals surface area contributed by atoms with E-state index < -0.39 is 6.61 Å². The largest absolute Gasteiger partial charge is 0.416 e. The maximum Gasteiger partial charge on any atom is 0.388 e. The van der Waals surface area contributed by atoms with Gasteiger partial charge >= 0.3 is 6.61 Å². The van der Waals surface area contributed by atoms with Crippen LogP contribution in [0.3, 0.4) is 0 Å². The zero-order valence-corrected chi connectivity index (χ0v) is 10.6. The van der Waals surface area contributed by atoms with Gasteiger partial charge in [-0.15, -0.1) is 0 Å². The molecule has 0 aliphatic carbocycles. The van der Waals surface area contributed by atoms with Crippen molar-refractivity contribution in [2.24, 2.45) is 7.05 Å². The fourth-order valence-corrected chi connectivity index (χ4v) is 1.82. The summed E-state index contributed by atoms with van der Waals surface area (Å²) in [5, 5.41) is 4.32. The fourth-order valence-electron chi connectivity index (χ4n) is 1.40. The minimum atomic E-state index is -2.96. The number of halogens is 4. The molecule has 2 rings (SSSR count). The molecule has 0 radical (unpaired) electrons. The van der Waals surface area contributed by atoms with Crippen LogP contribution in [0.1, 0.15) is 0 Å². The molecule has 8 heteroatoms. The number of aryl methyl sites for hydroxylation is 1. The summed E-state index contributed by atoms with van der Waals surface area (Å²) in [6.07, 6.45) is 1.45. The van der Waals surface area contributed by atoms with Gasteiger partial charge in [-0.2, -0.15) is 13.9 Å². The molecule has 2 aromatic rings. The van der Waals surface area contributed by atoms with E-state index in [4.69, 9.17) is 23.2 Å².